The average molecular weight is 243 g/mol. The minimum Gasteiger partial charge on any atom is -0.444 e. The van der Waals surface area contributed by atoms with Gasteiger partial charge in [0.05, 0.1) is 25.9 Å². The lowest BCUT2D eigenvalue weighted by Gasteiger charge is -2.27. The van der Waals surface area contributed by atoms with Crippen LogP contribution in [-0.2, 0) is 14.2 Å². The van der Waals surface area contributed by atoms with E-state index < -0.39 is 5.60 Å². The normalized spacial score (nSPS) is 20.4. The smallest absolute Gasteiger partial charge is 0.412 e. The summed E-state index contributed by atoms with van der Waals surface area (Å²) in [7, 11) is 0. The van der Waals surface area contributed by atoms with Gasteiger partial charge in [-0.05, 0) is 20.8 Å². The van der Waals surface area contributed by atoms with Crippen molar-refractivity contribution in [1.82, 2.24) is 4.90 Å². The summed E-state index contributed by atoms with van der Waals surface area (Å²) in [4.78, 5) is 13.4. The molecule has 0 aromatic rings. The summed E-state index contributed by atoms with van der Waals surface area (Å²) >= 11 is 0. The second-order valence-corrected chi connectivity index (χ2v) is 4.93. The fourth-order valence-corrected chi connectivity index (χ4v) is 1.43. The first-order valence-electron chi connectivity index (χ1n) is 5.70. The second-order valence-electron chi connectivity index (χ2n) is 4.93. The fraction of sp³-hybridized carbons (Fsp3) is 0.750. The molecule has 0 spiro atoms. The van der Waals surface area contributed by atoms with Gasteiger partial charge in [0.25, 0.3) is 0 Å². The van der Waals surface area contributed by atoms with Gasteiger partial charge < -0.3 is 14.2 Å². The van der Waals surface area contributed by atoms with Gasteiger partial charge >= 0.3 is 6.09 Å². The molecule has 0 bridgehead atoms. The zero-order valence-corrected chi connectivity index (χ0v) is 10.8. The number of carbonyl (C=O) groups excluding carboxylic acids is 1. The monoisotopic (exact) mass is 243 g/mol. The summed E-state index contributed by atoms with van der Waals surface area (Å²) in [6, 6.07) is -0.0789. The molecule has 17 heavy (non-hydrogen) atoms. The molecule has 1 rings (SSSR count). The Morgan fingerprint density at radius 3 is 2.88 bits per heavy atom. The maximum atomic E-state index is 11.9. The molecule has 98 valence electrons. The number of amides is 1. The number of nitrogens with zero attached hydrogens (tertiary/aromatic N) is 1. The molecular formula is C12H21NO4. The number of carbonyl (C=O) groups is 1. The molecule has 0 aliphatic carbocycles. The minimum atomic E-state index is -0.494. The van der Waals surface area contributed by atoms with Gasteiger partial charge in [-0.15, -0.1) is 6.58 Å². The highest BCUT2D eigenvalue weighted by atomic mass is 16.6. The molecule has 0 aromatic heterocycles. The van der Waals surface area contributed by atoms with Gasteiger partial charge in [-0.1, -0.05) is 6.08 Å². The van der Waals surface area contributed by atoms with Crippen LogP contribution in [0.2, 0.25) is 0 Å². The van der Waals surface area contributed by atoms with Crippen molar-refractivity contribution in [2.75, 3.05) is 26.6 Å². The Kier molecular flexibility index (Phi) is 4.96. The highest BCUT2D eigenvalue weighted by Gasteiger charge is 2.32. The molecule has 0 N–H and O–H groups in total. The Morgan fingerprint density at radius 1 is 1.59 bits per heavy atom. The molecule has 5 nitrogen and oxygen atoms in total. The standard InChI is InChI=1S/C12H21NO4/c1-5-6-15-7-10-8-16-9-13(10)11(14)17-12(2,3)4/h5,10H,1,6-9H2,2-4H3/t10-/m0/s1. The Balaban J connectivity index is 2.45. The van der Waals surface area contributed by atoms with Crippen LogP contribution in [0, 0.1) is 0 Å². The summed E-state index contributed by atoms with van der Waals surface area (Å²) in [5, 5.41) is 0. The van der Waals surface area contributed by atoms with E-state index in [2.05, 4.69) is 6.58 Å². The molecule has 1 aliphatic rings. The van der Waals surface area contributed by atoms with E-state index in [4.69, 9.17) is 14.2 Å². The van der Waals surface area contributed by atoms with Gasteiger partial charge in [-0.25, -0.2) is 4.79 Å². The third kappa shape index (κ3) is 4.75. The van der Waals surface area contributed by atoms with Crippen LogP contribution >= 0.6 is 0 Å². The SMILES string of the molecule is C=CCOC[C@H]1COCN1C(=O)OC(C)(C)C. The number of ether oxygens (including phenoxy) is 3. The van der Waals surface area contributed by atoms with E-state index in [1.165, 1.54) is 0 Å². The molecule has 5 heteroatoms. The van der Waals surface area contributed by atoms with Gasteiger partial charge in [0.15, 0.2) is 0 Å². The van der Waals surface area contributed by atoms with Crippen LogP contribution in [-0.4, -0.2) is 49.2 Å². The maximum absolute atomic E-state index is 11.9. The summed E-state index contributed by atoms with van der Waals surface area (Å²) in [6.07, 6.45) is 1.32. The van der Waals surface area contributed by atoms with Crippen molar-refractivity contribution in [3.63, 3.8) is 0 Å². The quantitative estimate of drug-likeness (QED) is 0.558. The van der Waals surface area contributed by atoms with Crippen LogP contribution < -0.4 is 0 Å². The highest BCUT2D eigenvalue weighted by Crippen LogP contribution is 2.16. The van der Waals surface area contributed by atoms with Crippen LogP contribution in [0.1, 0.15) is 20.8 Å². The van der Waals surface area contributed by atoms with Crippen molar-refractivity contribution in [2.45, 2.75) is 32.4 Å². The van der Waals surface area contributed by atoms with E-state index in [-0.39, 0.29) is 18.9 Å². The number of hydrogen-bond donors (Lipinski definition) is 0. The van der Waals surface area contributed by atoms with Gasteiger partial charge in [0, 0.05) is 0 Å². The molecule has 1 aliphatic heterocycles. The first-order chi connectivity index (χ1) is 7.94. The Bertz CT molecular complexity index is 272. The molecule has 1 saturated heterocycles. The van der Waals surface area contributed by atoms with E-state index in [1.807, 2.05) is 20.8 Å². The second kappa shape index (κ2) is 6.02. The first kappa shape index (κ1) is 14.0. The fourth-order valence-electron chi connectivity index (χ4n) is 1.43. The summed E-state index contributed by atoms with van der Waals surface area (Å²) in [5.74, 6) is 0. The topological polar surface area (TPSA) is 48.0 Å². The average Bonchev–Trinajstić information content (AvgIpc) is 2.64. The van der Waals surface area contributed by atoms with Crippen LogP contribution in [0.25, 0.3) is 0 Å². The first-order valence-corrected chi connectivity index (χ1v) is 5.70. The Hall–Kier alpha value is -1.07. The minimum absolute atomic E-state index is 0.0789. The van der Waals surface area contributed by atoms with Crippen LogP contribution in [0.4, 0.5) is 4.79 Å². The van der Waals surface area contributed by atoms with Crippen LogP contribution in [0.15, 0.2) is 12.7 Å². The zero-order valence-electron chi connectivity index (χ0n) is 10.8. The molecule has 1 amide bonds. The number of rotatable bonds is 4. The molecule has 1 heterocycles. The van der Waals surface area contributed by atoms with Crippen molar-refractivity contribution >= 4 is 6.09 Å². The lowest BCUT2D eigenvalue weighted by Crippen LogP contribution is -2.42. The zero-order chi connectivity index (χ0) is 12.9. The van der Waals surface area contributed by atoms with Crippen molar-refractivity contribution in [3.8, 4) is 0 Å². The van der Waals surface area contributed by atoms with Gasteiger partial charge in [0.2, 0.25) is 0 Å². The van der Waals surface area contributed by atoms with Crippen LogP contribution in [0.3, 0.4) is 0 Å². The molecule has 1 fully saturated rings. The Labute approximate surface area is 102 Å². The van der Waals surface area contributed by atoms with Gasteiger partial charge in [-0.3, -0.25) is 4.90 Å². The summed E-state index contributed by atoms with van der Waals surface area (Å²) in [6.45, 7) is 10.7. The van der Waals surface area contributed by atoms with Crippen molar-refractivity contribution < 1.29 is 19.0 Å². The molecule has 0 aromatic carbocycles. The lowest BCUT2D eigenvalue weighted by atomic mass is 10.2. The molecule has 1 atom stereocenters. The number of hydrogen-bond acceptors (Lipinski definition) is 4. The van der Waals surface area contributed by atoms with E-state index in [1.54, 1.807) is 11.0 Å². The maximum Gasteiger partial charge on any atom is 0.412 e. The molecule has 0 saturated carbocycles. The molecular weight excluding hydrogens is 222 g/mol. The van der Waals surface area contributed by atoms with Gasteiger partial charge in [-0.2, -0.15) is 0 Å². The highest BCUT2D eigenvalue weighted by molar-refractivity contribution is 5.68. The van der Waals surface area contributed by atoms with Crippen molar-refractivity contribution in [1.29, 1.82) is 0 Å². The van der Waals surface area contributed by atoms with E-state index in [9.17, 15) is 4.79 Å². The third-order valence-electron chi connectivity index (χ3n) is 2.16. The van der Waals surface area contributed by atoms with E-state index in [0.717, 1.165) is 0 Å². The molecule has 0 unspecified atom stereocenters. The Morgan fingerprint density at radius 2 is 2.29 bits per heavy atom. The molecule has 0 radical (unpaired) electrons. The lowest BCUT2D eigenvalue weighted by molar-refractivity contribution is 0.00893. The summed E-state index contributed by atoms with van der Waals surface area (Å²) < 4.78 is 15.9. The van der Waals surface area contributed by atoms with Crippen molar-refractivity contribution in [2.24, 2.45) is 0 Å². The summed E-state index contributed by atoms with van der Waals surface area (Å²) in [5.41, 5.74) is -0.494. The largest absolute Gasteiger partial charge is 0.444 e. The predicted molar refractivity (Wildman–Crippen MR) is 63.7 cm³/mol. The van der Waals surface area contributed by atoms with E-state index in [0.29, 0.717) is 19.8 Å². The van der Waals surface area contributed by atoms with Crippen molar-refractivity contribution in [3.05, 3.63) is 12.7 Å². The van der Waals surface area contributed by atoms with Gasteiger partial charge in [0.1, 0.15) is 12.3 Å². The van der Waals surface area contributed by atoms with E-state index >= 15 is 0 Å². The third-order valence-corrected chi connectivity index (χ3v) is 2.16. The van der Waals surface area contributed by atoms with Crippen LogP contribution in [0.5, 0.6) is 0 Å². The predicted octanol–water partition coefficient (Wildman–Crippen LogP) is 1.78.